The van der Waals surface area contributed by atoms with Gasteiger partial charge in [0, 0.05) is 5.56 Å². The van der Waals surface area contributed by atoms with Crippen LogP contribution in [0.5, 0.6) is 17.2 Å². The molecule has 2 heterocycles. The number of carbonyl (C=O) groups is 3. The zero-order chi connectivity index (χ0) is 31.1. The van der Waals surface area contributed by atoms with Crippen LogP contribution in [0.1, 0.15) is 59.2 Å². The van der Waals surface area contributed by atoms with Crippen molar-refractivity contribution in [3.05, 3.63) is 82.4 Å². The largest absolute Gasteiger partial charge is 0.507 e. The smallest absolute Gasteiger partial charge is 0.350 e. The fourth-order valence-electron chi connectivity index (χ4n) is 4.55. The molecule has 1 aliphatic rings. The van der Waals surface area contributed by atoms with Crippen molar-refractivity contribution < 1.29 is 38.4 Å². The van der Waals surface area contributed by atoms with E-state index in [-0.39, 0.29) is 27.9 Å². The average molecular weight is 607 g/mol. The third-order valence-corrected chi connectivity index (χ3v) is 7.79. The molecule has 1 saturated heterocycles. The molecule has 0 radical (unpaired) electrons. The van der Waals surface area contributed by atoms with E-state index in [1.807, 2.05) is 6.92 Å². The molecule has 3 aromatic rings. The Hall–Kier alpha value is -4.64. The number of unbranched alkanes of at least 4 members (excludes halogenated alkanes) is 1. The summed E-state index contributed by atoms with van der Waals surface area (Å²) in [6, 6.07) is 10.6. The van der Waals surface area contributed by atoms with Gasteiger partial charge in [-0.15, -0.1) is 0 Å². The Balaban J connectivity index is 1.85. The van der Waals surface area contributed by atoms with Crippen molar-refractivity contribution in [1.82, 2.24) is 4.98 Å². The summed E-state index contributed by atoms with van der Waals surface area (Å²) in [5.74, 6) is -1.33. The minimum Gasteiger partial charge on any atom is -0.507 e. The van der Waals surface area contributed by atoms with Crippen LogP contribution in [0.25, 0.3) is 5.76 Å². The molecule has 0 saturated carbocycles. The van der Waals surface area contributed by atoms with Gasteiger partial charge in [0.1, 0.15) is 23.0 Å². The molecular formula is C32H34N2O8S. The van der Waals surface area contributed by atoms with E-state index in [0.29, 0.717) is 47.3 Å². The molecule has 0 bridgehead atoms. The van der Waals surface area contributed by atoms with Crippen molar-refractivity contribution in [2.75, 3.05) is 31.8 Å². The molecule has 1 N–H and O–H groups in total. The van der Waals surface area contributed by atoms with Crippen LogP contribution in [0, 0.1) is 6.92 Å². The number of amides is 1. The van der Waals surface area contributed by atoms with Crippen molar-refractivity contribution in [3.63, 3.8) is 0 Å². The van der Waals surface area contributed by atoms with Gasteiger partial charge in [-0.25, -0.2) is 9.78 Å². The standard InChI is InChI=1S/C32H34N2O8S/c1-6-9-17-41-22-13-10-20(11-14-22)27(35)25-26(21-12-15-23(40-8-3)24(18-21)39-5)34(30(37)28(25)36)32-33-19(4)29(43-32)31(38)42-16-7-2/h7,10-15,18,26,35H,2,6,8-9,16-17H2,1,3-5H3/b27-25-. The number of Topliss-reactive ketones (excluding diaryl/α,β-unsaturated/α-hetero) is 1. The predicted molar refractivity (Wildman–Crippen MR) is 163 cm³/mol. The number of anilines is 1. The monoisotopic (exact) mass is 606 g/mol. The number of aryl methyl sites for hydroxylation is 1. The summed E-state index contributed by atoms with van der Waals surface area (Å²) < 4.78 is 22.1. The van der Waals surface area contributed by atoms with Crippen molar-refractivity contribution in [2.45, 2.75) is 39.7 Å². The number of aliphatic hydroxyl groups excluding tert-OH is 1. The number of thiazole rings is 1. The van der Waals surface area contributed by atoms with E-state index in [1.54, 1.807) is 49.4 Å². The second-order valence-electron chi connectivity index (χ2n) is 9.54. The Bertz CT molecular complexity index is 1540. The zero-order valence-electron chi connectivity index (χ0n) is 24.5. The Morgan fingerprint density at radius 2 is 1.86 bits per heavy atom. The van der Waals surface area contributed by atoms with Gasteiger partial charge < -0.3 is 24.1 Å². The number of benzene rings is 2. The molecule has 1 aliphatic heterocycles. The maximum absolute atomic E-state index is 13.6. The van der Waals surface area contributed by atoms with Gasteiger partial charge in [0.15, 0.2) is 16.6 Å². The molecule has 1 fully saturated rings. The van der Waals surface area contributed by atoms with E-state index in [0.717, 1.165) is 24.2 Å². The molecular weight excluding hydrogens is 572 g/mol. The third kappa shape index (κ3) is 6.56. The van der Waals surface area contributed by atoms with Crippen molar-refractivity contribution in [2.24, 2.45) is 0 Å². The van der Waals surface area contributed by atoms with Gasteiger partial charge in [-0.05, 0) is 62.2 Å². The molecule has 4 rings (SSSR count). The lowest BCUT2D eigenvalue weighted by Crippen LogP contribution is -2.29. The van der Waals surface area contributed by atoms with Crippen LogP contribution in [0.15, 0.2) is 60.7 Å². The Morgan fingerprint density at radius 1 is 1.12 bits per heavy atom. The lowest BCUT2D eigenvalue weighted by atomic mass is 9.95. The van der Waals surface area contributed by atoms with Crippen LogP contribution in [0.3, 0.4) is 0 Å². The number of nitrogens with zero attached hydrogens (tertiary/aromatic N) is 2. The van der Waals surface area contributed by atoms with E-state index in [4.69, 9.17) is 18.9 Å². The van der Waals surface area contributed by atoms with E-state index >= 15 is 0 Å². The first-order valence-electron chi connectivity index (χ1n) is 13.9. The third-order valence-electron chi connectivity index (χ3n) is 6.65. The molecule has 1 aromatic heterocycles. The van der Waals surface area contributed by atoms with E-state index in [1.165, 1.54) is 18.1 Å². The summed E-state index contributed by atoms with van der Waals surface area (Å²) in [6.07, 6.45) is 3.34. The lowest BCUT2D eigenvalue weighted by Gasteiger charge is -2.24. The van der Waals surface area contributed by atoms with Crippen LogP contribution >= 0.6 is 11.3 Å². The molecule has 0 spiro atoms. The summed E-state index contributed by atoms with van der Waals surface area (Å²) in [4.78, 5) is 45.7. The van der Waals surface area contributed by atoms with Crippen LogP contribution in [0.2, 0.25) is 0 Å². The topological polar surface area (TPSA) is 124 Å². The van der Waals surface area contributed by atoms with Gasteiger partial charge in [0.05, 0.1) is 37.6 Å². The normalized spacial score (nSPS) is 15.8. The van der Waals surface area contributed by atoms with E-state index in [2.05, 4.69) is 18.5 Å². The number of hydrogen-bond acceptors (Lipinski definition) is 10. The Kier molecular flexibility index (Phi) is 10.2. The molecule has 1 atom stereocenters. The molecule has 10 nitrogen and oxygen atoms in total. The molecule has 1 amide bonds. The summed E-state index contributed by atoms with van der Waals surface area (Å²) in [6.45, 7) is 10.0. The summed E-state index contributed by atoms with van der Waals surface area (Å²) in [5.41, 5.74) is 0.981. The Morgan fingerprint density at radius 3 is 2.51 bits per heavy atom. The molecule has 2 aromatic carbocycles. The number of hydrogen-bond donors (Lipinski definition) is 1. The van der Waals surface area contributed by atoms with Gasteiger partial charge in [-0.3, -0.25) is 14.5 Å². The second-order valence-corrected chi connectivity index (χ2v) is 10.5. The van der Waals surface area contributed by atoms with E-state index < -0.39 is 23.7 Å². The number of aromatic nitrogens is 1. The van der Waals surface area contributed by atoms with Gasteiger partial charge >= 0.3 is 11.9 Å². The van der Waals surface area contributed by atoms with Crippen LogP contribution in [0.4, 0.5) is 5.13 Å². The first kappa shape index (κ1) is 31.3. The number of aliphatic hydroxyl groups is 1. The van der Waals surface area contributed by atoms with Crippen molar-refractivity contribution in [3.8, 4) is 17.2 Å². The van der Waals surface area contributed by atoms with E-state index in [9.17, 15) is 19.5 Å². The molecule has 0 aliphatic carbocycles. The van der Waals surface area contributed by atoms with Gasteiger partial charge in [0.25, 0.3) is 5.78 Å². The SMILES string of the molecule is C=CCOC(=O)c1sc(N2C(=O)C(=O)/C(=C(\O)c3ccc(OCCCC)cc3)C2c2ccc(OCC)c(OC)c2)nc1C. The van der Waals surface area contributed by atoms with Crippen LogP contribution in [-0.2, 0) is 14.3 Å². The number of esters is 1. The second kappa shape index (κ2) is 14.0. The number of rotatable bonds is 13. The van der Waals surface area contributed by atoms with Gasteiger partial charge in [-0.2, -0.15) is 0 Å². The predicted octanol–water partition coefficient (Wildman–Crippen LogP) is 6.01. The zero-order valence-corrected chi connectivity index (χ0v) is 25.4. The highest BCUT2D eigenvalue weighted by Crippen LogP contribution is 2.45. The summed E-state index contributed by atoms with van der Waals surface area (Å²) in [7, 11) is 1.48. The molecule has 1 unspecified atom stereocenters. The maximum Gasteiger partial charge on any atom is 0.350 e. The molecule has 11 heteroatoms. The minimum absolute atomic E-state index is 0.00439. The fraction of sp³-hybridized carbons (Fsp3) is 0.312. The number of ketones is 1. The highest BCUT2D eigenvalue weighted by molar-refractivity contribution is 7.17. The van der Waals surface area contributed by atoms with Gasteiger partial charge in [0.2, 0.25) is 0 Å². The van der Waals surface area contributed by atoms with Crippen LogP contribution < -0.4 is 19.1 Å². The maximum atomic E-state index is 13.6. The first-order valence-corrected chi connectivity index (χ1v) is 14.7. The van der Waals surface area contributed by atoms with Gasteiger partial charge in [-0.1, -0.05) is 43.4 Å². The Labute approximate surface area is 254 Å². The lowest BCUT2D eigenvalue weighted by molar-refractivity contribution is -0.132. The first-order chi connectivity index (χ1) is 20.7. The fourth-order valence-corrected chi connectivity index (χ4v) is 5.54. The average Bonchev–Trinajstić information content (AvgIpc) is 3.52. The highest BCUT2D eigenvalue weighted by Gasteiger charge is 2.48. The minimum atomic E-state index is -1.09. The molecule has 226 valence electrons. The van der Waals surface area contributed by atoms with Crippen molar-refractivity contribution in [1.29, 1.82) is 0 Å². The molecule has 43 heavy (non-hydrogen) atoms. The highest BCUT2D eigenvalue weighted by atomic mass is 32.1. The quantitative estimate of drug-likeness (QED) is 0.0622. The summed E-state index contributed by atoms with van der Waals surface area (Å²) in [5, 5.41) is 11.6. The number of methoxy groups -OCH3 is 1. The van der Waals surface area contributed by atoms with Crippen molar-refractivity contribution >= 4 is 39.9 Å². The number of carbonyl (C=O) groups excluding carboxylic acids is 3. The number of ether oxygens (including phenoxy) is 4. The summed E-state index contributed by atoms with van der Waals surface area (Å²) >= 11 is 0.918. The van der Waals surface area contributed by atoms with Crippen LogP contribution in [-0.4, -0.2) is 54.7 Å².